The molecular weight excluding hydrogens is 232 g/mol. The van der Waals surface area contributed by atoms with Crippen LogP contribution in [0.25, 0.3) is 0 Å². The molecule has 3 aliphatic rings. The number of fused-ring (bicyclic) bond motifs is 2. The fraction of sp³-hybridized carbons (Fsp3) is 0.647. The van der Waals surface area contributed by atoms with Crippen molar-refractivity contribution in [3.8, 4) is 0 Å². The third-order valence-corrected chi connectivity index (χ3v) is 5.79. The summed E-state index contributed by atoms with van der Waals surface area (Å²) < 4.78 is 0. The number of hydrogen-bond donors (Lipinski definition) is 2. The van der Waals surface area contributed by atoms with E-state index in [1.165, 1.54) is 31.2 Å². The standard InChI is InChI=1S/C17H24N2/c18-17-13-7-6-12(8-13)15(17)10-19-16-9-14(16)11-4-2-1-3-5-11/h1-5,12-17,19H,6-10,18H2. The molecule has 0 heterocycles. The predicted molar refractivity (Wildman–Crippen MR) is 77.9 cm³/mol. The summed E-state index contributed by atoms with van der Waals surface area (Å²) in [5.41, 5.74) is 7.87. The molecule has 4 rings (SSSR count). The van der Waals surface area contributed by atoms with Crippen molar-refractivity contribution in [2.24, 2.45) is 23.5 Å². The highest BCUT2D eigenvalue weighted by atomic mass is 15.0. The van der Waals surface area contributed by atoms with E-state index in [-0.39, 0.29) is 0 Å². The average Bonchev–Trinajstić information content (AvgIpc) is 2.96. The van der Waals surface area contributed by atoms with Gasteiger partial charge in [0.25, 0.3) is 0 Å². The molecule has 6 atom stereocenters. The molecular formula is C17H24N2. The van der Waals surface area contributed by atoms with Crippen LogP contribution in [0.4, 0.5) is 0 Å². The fourth-order valence-corrected chi connectivity index (χ4v) is 4.53. The van der Waals surface area contributed by atoms with E-state index in [9.17, 15) is 0 Å². The normalized spacial score (nSPS) is 43.6. The molecule has 1 aromatic rings. The summed E-state index contributed by atoms with van der Waals surface area (Å²) in [5.74, 6) is 3.24. The Balaban J connectivity index is 1.31. The molecule has 19 heavy (non-hydrogen) atoms. The van der Waals surface area contributed by atoms with Gasteiger partial charge in [0.1, 0.15) is 0 Å². The van der Waals surface area contributed by atoms with E-state index in [4.69, 9.17) is 5.73 Å². The van der Waals surface area contributed by atoms with Gasteiger partial charge >= 0.3 is 0 Å². The maximum absolute atomic E-state index is 6.38. The van der Waals surface area contributed by atoms with Crippen molar-refractivity contribution < 1.29 is 0 Å². The SMILES string of the molecule is NC1C2CCC(C2)C1CNC1CC1c1ccccc1. The minimum absolute atomic E-state index is 0.472. The number of rotatable bonds is 4. The lowest BCUT2D eigenvalue weighted by molar-refractivity contribution is 0.277. The highest BCUT2D eigenvalue weighted by Crippen LogP contribution is 2.48. The van der Waals surface area contributed by atoms with Crippen LogP contribution in [0.2, 0.25) is 0 Å². The Morgan fingerprint density at radius 3 is 2.58 bits per heavy atom. The maximum atomic E-state index is 6.38. The first-order valence-electron chi connectivity index (χ1n) is 7.87. The van der Waals surface area contributed by atoms with Crippen LogP contribution in [0.15, 0.2) is 30.3 Å². The average molecular weight is 256 g/mol. The predicted octanol–water partition coefficient (Wildman–Crippen LogP) is 2.51. The second-order valence-corrected chi connectivity index (χ2v) is 6.84. The third kappa shape index (κ3) is 2.11. The zero-order valence-electron chi connectivity index (χ0n) is 11.5. The molecule has 0 aliphatic heterocycles. The first-order valence-corrected chi connectivity index (χ1v) is 7.87. The third-order valence-electron chi connectivity index (χ3n) is 5.79. The van der Waals surface area contributed by atoms with E-state index in [1.807, 2.05) is 0 Å². The van der Waals surface area contributed by atoms with Crippen molar-refractivity contribution in [2.45, 2.75) is 43.7 Å². The number of nitrogens with two attached hydrogens (primary N) is 1. The highest BCUT2D eigenvalue weighted by Gasteiger charge is 2.46. The molecule has 3 aliphatic carbocycles. The van der Waals surface area contributed by atoms with Gasteiger partial charge in [0.05, 0.1) is 0 Å². The minimum atomic E-state index is 0.472. The second kappa shape index (κ2) is 4.60. The summed E-state index contributed by atoms with van der Waals surface area (Å²) in [7, 11) is 0. The van der Waals surface area contributed by atoms with Crippen LogP contribution >= 0.6 is 0 Å². The zero-order valence-corrected chi connectivity index (χ0v) is 11.5. The molecule has 3 fully saturated rings. The lowest BCUT2D eigenvalue weighted by Crippen LogP contribution is -2.41. The van der Waals surface area contributed by atoms with Gasteiger partial charge in [-0.15, -0.1) is 0 Å². The van der Waals surface area contributed by atoms with Gasteiger partial charge in [0, 0.05) is 18.0 Å². The maximum Gasteiger partial charge on any atom is 0.0143 e. The van der Waals surface area contributed by atoms with E-state index in [0.29, 0.717) is 12.1 Å². The zero-order chi connectivity index (χ0) is 12.8. The summed E-state index contributed by atoms with van der Waals surface area (Å²) in [6.45, 7) is 1.15. The number of hydrogen-bond acceptors (Lipinski definition) is 2. The van der Waals surface area contributed by atoms with Crippen molar-refractivity contribution in [3.63, 3.8) is 0 Å². The molecule has 3 N–H and O–H groups in total. The van der Waals surface area contributed by atoms with Crippen molar-refractivity contribution in [1.82, 2.24) is 5.32 Å². The van der Waals surface area contributed by atoms with Crippen LogP contribution < -0.4 is 11.1 Å². The van der Waals surface area contributed by atoms with Crippen LogP contribution in [-0.2, 0) is 0 Å². The smallest absolute Gasteiger partial charge is 0.0143 e. The Bertz CT molecular complexity index is 442. The van der Waals surface area contributed by atoms with E-state index in [0.717, 1.165) is 30.2 Å². The highest BCUT2D eigenvalue weighted by molar-refractivity contribution is 5.27. The molecule has 2 nitrogen and oxygen atoms in total. The molecule has 2 heteroatoms. The van der Waals surface area contributed by atoms with Gasteiger partial charge in [-0.25, -0.2) is 0 Å². The lowest BCUT2D eigenvalue weighted by atomic mass is 9.85. The van der Waals surface area contributed by atoms with Crippen LogP contribution in [0.3, 0.4) is 0 Å². The van der Waals surface area contributed by atoms with Gasteiger partial charge in [0.15, 0.2) is 0 Å². The topological polar surface area (TPSA) is 38.0 Å². The summed E-state index contributed by atoms with van der Waals surface area (Å²) in [6.07, 6.45) is 5.52. The van der Waals surface area contributed by atoms with Gasteiger partial charge in [-0.2, -0.15) is 0 Å². The van der Waals surface area contributed by atoms with E-state index in [1.54, 1.807) is 0 Å². The first kappa shape index (κ1) is 11.9. The first-order chi connectivity index (χ1) is 9.33. The fourth-order valence-electron chi connectivity index (χ4n) is 4.53. The lowest BCUT2D eigenvalue weighted by Gasteiger charge is -2.28. The molecule has 1 aromatic carbocycles. The van der Waals surface area contributed by atoms with Gasteiger partial charge in [-0.1, -0.05) is 30.3 Å². The molecule has 0 saturated heterocycles. The Morgan fingerprint density at radius 1 is 1.05 bits per heavy atom. The molecule has 102 valence electrons. The van der Waals surface area contributed by atoms with Crippen molar-refractivity contribution in [3.05, 3.63) is 35.9 Å². The van der Waals surface area contributed by atoms with Gasteiger partial charge in [-0.3, -0.25) is 0 Å². The quantitative estimate of drug-likeness (QED) is 0.868. The van der Waals surface area contributed by atoms with E-state index >= 15 is 0 Å². The molecule has 0 spiro atoms. The van der Waals surface area contributed by atoms with Crippen LogP contribution in [0.5, 0.6) is 0 Å². The Hall–Kier alpha value is -0.860. The van der Waals surface area contributed by atoms with Crippen molar-refractivity contribution in [2.75, 3.05) is 6.54 Å². The monoisotopic (exact) mass is 256 g/mol. The number of nitrogens with one attached hydrogen (secondary N) is 1. The van der Waals surface area contributed by atoms with Crippen molar-refractivity contribution >= 4 is 0 Å². The molecule has 3 saturated carbocycles. The number of benzene rings is 1. The Kier molecular flexibility index (Phi) is 2.89. The Labute approximate surface area is 115 Å². The van der Waals surface area contributed by atoms with Crippen LogP contribution in [-0.4, -0.2) is 18.6 Å². The summed E-state index contributed by atoms with van der Waals surface area (Å²) in [6, 6.07) is 12.1. The second-order valence-electron chi connectivity index (χ2n) is 6.84. The summed E-state index contributed by atoms with van der Waals surface area (Å²) >= 11 is 0. The Morgan fingerprint density at radius 2 is 1.84 bits per heavy atom. The molecule has 0 aromatic heterocycles. The molecule has 6 unspecified atom stereocenters. The summed E-state index contributed by atoms with van der Waals surface area (Å²) in [4.78, 5) is 0. The van der Waals surface area contributed by atoms with Gasteiger partial charge < -0.3 is 11.1 Å². The van der Waals surface area contributed by atoms with Crippen LogP contribution in [0, 0.1) is 17.8 Å². The van der Waals surface area contributed by atoms with Gasteiger partial charge in [-0.05, 0) is 55.5 Å². The van der Waals surface area contributed by atoms with Gasteiger partial charge in [0.2, 0.25) is 0 Å². The molecule has 0 amide bonds. The minimum Gasteiger partial charge on any atom is -0.327 e. The van der Waals surface area contributed by atoms with Crippen LogP contribution in [0.1, 0.15) is 37.2 Å². The molecule has 0 radical (unpaired) electrons. The molecule has 2 bridgehead atoms. The summed E-state index contributed by atoms with van der Waals surface area (Å²) in [5, 5.41) is 3.78. The van der Waals surface area contributed by atoms with Crippen molar-refractivity contribution in [1.29, 1.82) is 0 Å². The van der Waals surface area contributed by atoms with E-state index < -0.39 is 0 Å². The largest absolute Gasteiger partial charge is 0.327 e. The van der Waals surface area contributed by atoms with E-state index in [2.05, 4.69) is 35.6 Å².